The zero-order valence-corrected chi connectivity index (χ0v) is 16.5. The average Bonchev–Trinajstić information content (AvgIpc) is 3.38. The first-order chi connectivity index (χ1) is 13.6. The number of benzene rings is 1. The van der Waals surface area contributed by atoms with Gasteiger partial charge in [-0.2, -0.15) is 0 Å². The summed E-state index contributed by atoms with van der Waals surface area (Å²) in [4.78, 5) is 41.3. The third-order valence-corrected chi connectivity index (χ3v) is 5.51. The second kappa shape index (κ2) is 9.25. The Kier molecular flexibility index (Phi) is 6.51. The van der Waals surface area contributed by atoms with Crippen molar-refractivity contribution < 1.29 is 23.9 Å². The maximum absolute atomic E-state index is 12.1. The molecule has 3 aromatic rings. The molecule has 7 nitrogen and oxygen atoms in total. The number of hydrogen-bond donors (Lipinski definition) is 1. The number of para-hydroxylation sites is 1. The molecule has 0 radical (unpaired) electrons. The van der Waals surface area contributed by atoms with E-state index in [-0.39, 0.29) is 12.0 Å². The van der Waals surface area contributed by atoms with Crippen LogP contribution in [-0.4, -0.2) is 36.5 Å². The fourth-order valence-electron chi connectivity index (χ4n) is 2.31. The number of amides is 2. The van der Waals surface area contributed by atoms with Crippen LogP contribution in [0.25, 0.3) is 9.88 Å². The Morgan fingerprint density at radius 1 is 1.11 bits per heavy atom. The van der Waals surface area contributed by atoms with E-state index in [9.17, 15) is 14.4 Å². The molecule has 0 aliphatic rings. The van der Waals surface area contributed by atoms with Gasteiger partial charge in [0.25, 0.3) is 11.8 Å². The molecule has 0 bridgehead atoms. The van der Waals surface area contributed by atoms with E-state index in [1.807, 2.05) is 17.5 Å². The van der Waals surface area contributed by atoms with Crippen LogP contribution in [0.3, 0.4) is 0 Å². The zero-order chi connectivity index (χ0) is 19.9. The quantitative estimate of drug-likeness (QED) is 0.595. The van der Waals surface area contributed by atoms with E-state index >= 15 is 0 Å². The largest absolute Gasteiger partial charge is 0.496 e. The lowest BCUT2D eigenvalue weighted by molar-refractivity contribution is -0.147. The van der Waals surface area contributed by atoms with Crippen LogP contribution >= 0.6 is 22.7 Å². The Balaban J connectivity index is 1.48. The summed E-state index contributed by atoms with van der Waals surface area (Å²) in [6.45, 7) is -0.554. The van der Waals surface area contributed by atoms with Crippen LogP contribution in [0.5, 0.6) is 5.75 Å². The van der Waals surface area contributed by atoms with E-state index in [0.29, 0.717) is 11.4 Å². The number of carbonyl (C=O) groups is 3. The van der Waals surface area contributed by atoms with Gasteiger partial charge in [-0.15, -0.1) is 22.7 Å². The molecule has 0 spiro atoms. The van der Waals surface area contributed by atoms with Crippen molar-refractivity contribution in [1.29, 1.82) is 0 Å². The molecule has 0 fully saturated rings. The molecule has 0 unspecified atom stereocenters. The molecule has 3 rings (SSSR count). The molecule has 2 amide bonds. The molecule has 1 N–H and O–H groups in total. The smallest absolute Gasteiger partial charge is 0.312 e. The minimum Gasteiger partial charge on any atom is -0.496 e. The van der Waals surface area contributed by atoms with Crippen molar-refractivity contribution in [2.75, 3.05) is 13.7 Å². The van der Waals surface area contributed by atoms with Crippen LogP contribution in [0.1, 0.15) is 16.1 Å². The summed E-state index contributed by atoms with van der Waals surface area (Å²) in [5.74, 6) is -1.60. The Labute approximate surface area is 168 Å². The second-order valence-electron chi connectivity index (χ2n) is 5.54. The van der Waals surface area contributed by atoms with Gasteiger partial charge in [0.2, 0.25) is 0 Å². The number of imide groups is 1. The molecule has 0 saturated carbocycles. The second-order valence-corrected chi connectivity index (χ2v) is 7.34. The SMILES string of the molecule is COc1ccccc1C(=O)NC(=O)COC(=O)Cc1csc(-c2cccs2)n1. The van der Waals surface area contributed by atoms with E-state index in [4.69, 9.17) is 9.47 Å². The van der Waals surface area contributed by atoms with Gasteiger partial charge in [0.15, 0.2) is 6.61 Å². The predicted molar refractivity (Wildman–Crippen MR) is 106 cm³/mol. The third-order valence-electron chi connectivity index (χ3n) is 3.58. The number of carbonyl (C=O) groups excluding carboxylic acids is 3. The van der Waals surface area contributed by atoms with Crippen molar-refractivity contribution >= 4 is 40.5 Å². The van der Waals surface area contributed by atoms with Gasteiger partial charge in [0, 0.05) is 5.38 Å². The molecule has 2 heterocycles. The Bertz CT molecular complexity index is 982. The van der Waals surface area contributed by atoms with Crippen molar-refractivity contribution in [2.24, 2.45) is 0 Å². The number of nitrogens with zero attached hydrogens (tertiary/aromatic N) is 1. The van der Waals surface area contributed by atoms with Gasteiger partial charge in [-0.1, -0.05) is 18.2 Å². The van der Waals surface area contributed by atoms with Gasteiger partial charge in [0.05, 0.1) is 29.7 Å². The Hall–Kier alpha value is -3.04. The average molecular weight is 416 g/mol. The first-order valence-corrected chi connectivity index (χ1v) is 9.94. The number of rotatable bonds is 7. The highest BCUT2D eigenvalue weighted by Gasteiger charge is 2.16. The van der Waals surface area contributed by atoms with Gasteiger partial charge in [-0.3, -0.25) is 19.7 Å². The van der Waals surface area contributed by atoms with E-state index in [1.54, 1.807) is 34.9 Å². The Morgan fingerprint density at radius 3 is 2.68 bits per heavy atom. The topological polar surface area (TPSA) is 94.6 Å². The summed E-state index contributed by atoms with van der Waals surface area (Å²) >= 11 is 3.01. The lowest BCUT2D eigenvalue weighted by Gasteiger charge is -2.08. The molecule has 28 heavy (non-hydrogen) atoms. The highest BCUT2D eigenvalue weighted by molar-refractivity contribution is 7.20. The molecule has 0 aliphatic heterocycles. The van der Waals surface area contributed by atoms with E-state index < -0.39 is 24.4 Å². The summed E-state index contributed by atoms with van der Waals surface area (Å²) in [5, 5.41) is 6.73. The van der Waals surface area contributed by atoms with Gasteiger partial charge in [-0.25, -0.2) is 4.98 Å². The van der Waals surface area contributed by atoms with Gasteiger partial charge >= 0.3 is 5.97 Å². The van der Waals surface area contributed by atoms with Crippen LogP contribution in [0, 0.1) is 0 Å². The monoisotopic (exact) mass is 416 g/mol. The van der Waals surface area contributed by atoms with Crippen molar-refractivity contribution in [3.8, 4) is 15.6 Å². The van der Waals surface area contributed by atoms with Crippen LogP contribution in [0.2, 0.25) is 0 Å². The summed E-state index contributed by atoms with van der Waals surface area (Å²) in [5.41, 5.74) is 0.789. The molecular weight excluding hydrogens is 400 g/mol. The van der Waals surface area contributed by atoms with E-state index in [2.05, 4.69) is 10.3 Å². The first-order valence-electron chi connectivity index (χ1n) is 8.18. The van der Waals surface area contributed by atoms with Crippen molar-refractivity contribution in [2.45, 2.75) is 6.42 Å². The van der Waals surface area contributed by atoms with Gasteiger partial charge < -0.3 is 9.47 Å². The molecule has 9 heteroatoms. The predicted octanol–water partition coefficient (Wildman–Crippen LogP) is 2.92. The molecule has 144 valence electrons. The van der Waals surface area contributed by atoms with Gasteiger partial charge in [-0.05, 0) is 23.6 Å². The molecule has 2 aromatic heterocycles. The minimum atomic E-state index is -0.721. The first kappa shape index (κ1) is 19.7. The number of hydrogen-bond acceptors (Lipinski definition) is 8. The maximum Gasteiger partial charge on any atom is 0.312 e. The molecular formula is C19H16N2O5S2. The number of nitrogens with one attached hydrogen (secondary N) is 1. The fraction of sp³-hybridized carbons (Fsp3) is 0.158. The summed E-state index contributed by atoms with van der Waals surface area (Å²) < 4.78 is 10.0. The summed E-state index contributed by atoms with van der Waals surface area (Å²) in [6.07, 6.45) is -0.0460. The van der Waals surface area contributed by atoms with Crippen LogP contribution < -0.4 is 10.1 Å². The van der Waals surface area contributed by atoms with Crippen molar-refractivity contribution in [3.05, 3.63) is 58.4 Å². The normalized spacial score (nSPS) is 10.3. The highest BCUT2D eigenvalue weighted by atomic mass is 32.1. The van der Waals surface area contributed by atoms with Crippen molar-refractivity contribution in [3.63, 3.8) is 0 Å². The van der Waals surface area contributed by atoms with Crippen LogP contribution in [-0.2, 0) is 20.7 Å². The standard InChI is InChI=1S/C19H16N2O5S2/c1-25-14-6-3-2-5-13(14)18(24)21-16(22)10-26-17(23)9-12-11-28-19(20-12)15-7-4-8-27-15/h2-8,11H,9-10H2,1H3,(H,21,22,24). The third kappa shape index (κ3) is 5.02. The zero-order valence-electron chi connectivity index (χ0n) is 14.8. The number of aromatic nitrogens is 1. The minimum absolute atomic E-state index is 0.0460. The number of esters is 1. The molecule has 0 atom stereocenters. The fourth-order valence-corrected chi connectivity index (χ4v) is 3.94. The molecule has 0 saturated heterocycles. The summed E-state index contributed by atoms with van der Waals surface area (Å²) in [7, 11) is 1.43. The van der Waals surface area contributed by atoms with Gasteiger partial charge in [0.1, 0.15) is 10.8 Å². The van der Waals surface area contributed by atoms with Crippen LogP contribution in [0.4, 0.5) is 0 Å². The highest BCUT2D eigenvalue weighted by Crippen LogP contribution is 2.27. The lowest BCUT2D eigenvalue weighted by atomic mass is 10.2. The summed E-state index contributed by atoms with van der Waals surface area (Å²) in [6, 6.07) is 10.4. The number of ether oxygens (including phenoxy) is 2. The number of methoxy groups -OCH3 is 1. The Morgan fingerprint density at radius 2 is 1.93 bits per heavy atom. The van der Waals surface area contributed by atoms with Crippen LogP contribution in [0.15, 0.2) is 47.2 Å². The maximum atomic E-state index is 12.1. The van der Waals surface area contributed by atoms with Crippen molar-refractivity contribution in [1.82, 2.24) is 10.3 Å². The number of thiazole rings is 1. The van der Waals surface area contributed by atoms with E-state index in [0.717, 1.165) is 9.88 Å². The lowest BCUT2D eigenvalue weighted by Crippen LogP contribution is -2.34. The molecule has 0 aliphatic carbocycles. The molecule has 1 aromatic carbocycles. The number of thiophene rings is 1. The van der Waals surface area contributed by atoms with E-state index in [1.165, 1.54) is 24.5 Å².